The van der Waals surface area contributed by atoms with Gasteiger partial charge in [0.05, 0.1) is 18.0 Å². The minimum absolute atomic E-state index is 0.198. The predicted octanol–water partition coefficient (Wildman–Crippen LogP) is 6.02. The number of nitrogens with one attached hydrogen (secondary N) is 1. The Hall–Kier alpha value is -4.79. The Morgan fingerprint density at radius 3 is 2.48 bits per heavy atom. The number of rotatable bonds is 10. The molecule has 0 bridgehead atoms. The molecule has 0 radical (unpaired) electrons. The van der Waals surface area contributed by atoms with Crippen LogP contribution in [0.1, 0.15) is 48.8 Å². The summed E-state index contributed by atoms with van der Waals surface area (Å²) in [6.45, 7) is 4.33. The van der Waals surface area contributed by atoms with Gasteiger partial charge in [0, 0.05) is 23.6 Å². The fraction of sp³-hybridized carbons (Fsp3) is 0.273. The number of hydrogen-bond donors (Lipinski definition) is 1. The minimum atomic E-state index is -0.615. The van der Waals surface area contributed by atoms with Gasteiger partial charge < -0.3 is 4.74 Å². The molecule has 1 aliphatic carbocycles. The molecule has 2 heterocycles. The van der Waals surface area contributed by atoms with Crippen LogP contribution in [0.5, 0.6) is 5.75 Å². The lowest BCUT2D eigenvalue weighted by Crippen LogP contribution is -2.28. The lowest BCUT2D eigenvalue weighted by atomic mass is 9.96. The molecule has 0 aliphatic heterocycles. The summed E-state index contributed by atoms with van der Waals surface area (Å²) in [5.41, 5.74) is 5.04. The van der Waals surface area contributed by atoms with Crippen LogP contribution in [0.15, 0.2) is 80.8 Å². The van der Waals surface area contributed by atoms with Gasteiger partial charge in [-0.3, -0.25) is 18.9 Å². The minimum Gasteiger partial charge on any atom is -0.490 e. The third-order valence-electron chi connectivity index (χ3n) is 7.53. The molecular formula is C33H31FN4O4. The van der Waals surface area contributed by atoms with Gasteiger partial charge in [0.25, 0.3) is 5.56 Å². The molecule has 2 aromatic heterocycles. The number of aromatic nitrogens is 4. The second-order valence-electron chi connectivity index (χ2n) is 10.7. The zero-order valence-electron chi connectivity index (χ0n) is 23.5. The number of halogens is 1. The highest BCUT2D eigenvalue weighted by molar-refractivity contribution is 5.80. The maximum absolute atomic E-state index is 14.9. The van der Waals surface area contributed by atoms with Gasteiger partial charge in [0.15, 0.2) is 17.4 Å². The van der Waals surface area contributed by atoms with Crippen molar-refractivity contribution >= 4 is 0 Å². The van der Waals surface area contributed by atoms with Crippen molar-refractivity contribution in [2.75, 3.05) is 6.61 Å². The smallest absolute Gasteiger partial charge is 0.439 e. The molecular weight excluding hydrogens is 535 g/mol. The Morgan fingerprint density at radius 1 is 1.05 bits per heavy atom. The standard InChI is InChI=1S/C33H31FN4O4/c1-3-6-29-27(32(39)38(20(2)35-29)24-15-16-30(28(34)18-24)41-19-22-9-10-22)17-21-11-13-23(14-12-21)25-7-4-5-8-26(25)31-36-33(40)42-37-31/h4-5,7-8,11-16,18,22H,3,6,9-10,17,19H2,1-2H3,(H,36,37,40). The molecule has 0 atom stereocenters. The molecule has 0 saturated heterocycles. The number of hydrogen-bond acceptors (Lipinski definition) is 6. The summed E-state index contributed by atoms with van der Waals surface area (Å²) in [7, 11) is 0. The van der Waals surface area contributed by atoms with E-state index in [4.69, 9.17) is 14.2 Å². The molecule has 6 rings (SSSR count). The van der Waals surface area contributed by atoms with Crippen molar-refractivity contribution < 1.29 is 13.7 Å². The highest BCUT2D eigenvalue weighted by Crippen LogP contribution is 2.31. The van der Waals surface area contributed by atoms with Crippen molar-refractivity contribution in [1.29, 1.82) is 0 Å². The van der Waals surface area contributed by atoms with E-state index in [1.807, 2.05) is 48.5 Å². The van der Waals surface area contributed by atoms with E-state index in [2.05, 4.69) is 17.1 Å². The summed E-state index contributed by atoms with van der Waals surface area (Å²) in [5.74, 6) is 0.462. The summed E-state index contributed by atoms with van der Waals surface area (Å²) >= 11 is 0. The van der Waals surface area contributed by atoms with Gasteiger partial charge in [0.1, 0.15) is 5.82 Å². The summed E-state index contributed by atoms with van der Waals surface area (Å²) in [4.78, 5) is 32.8. The van der Waals surface area contributed by atoms with Crippen LogP contribution in [-0.4, -0.2) is 26.3 Å². The molecule has 9 heteroatoms. The summed E-state index contributed by atoms with van der Waals surface area (Å²) in [5, 5.41) is 3.83. The van der Waals surface area contributed by atoms with E-state index < -0.39 is 11.6 Å². The van der Waals surface area contributed by atoms with Crippen LogP contribution in [0.2, 0.25) is 0 Å². The van der Waals surface area contributed by atoms with Crippen LogP contribution >= 0.6 is 0 Å². The van der Waals surface area contributed by atoms with Gasteiger partial charge in [0.2, 0.25) is 0 Å². The van der Waals surface area contributed by atoms with E-state index in [0.29, 0.717) is 48.3 Å². The second-order valence-corrected chi connectivity index (χ2v) is 10.7. The molecule has 3 aromatic carbocycles. The lowest BCUT2D eigenvalue weighted by Gasteiger charge is -2.16. The third kappa shape index (κ3) is 5.68. The molecule has 8 nitrogen and oxygen atoms in total. The van der Waals surface area contributed by atoms with Crippen LogP contribution in [0.4, 0.5) is 4.39 Å². The lowest BCUT2D eigenvalue weighted by molar-refractivity contribution is 0.285. The van der Waals surface area contributed by atoms with E-state index in [1.54, 1.807) is 19.1 Å². The van der Waals surface area contributed by atoms with Crippen LogP contribution in [0, 0.1) is 18.7 Å². The number of aromatic amines is 1. The molecule has 214 valence electrons. The highest BCUT2D eigenvalue weighted by atomic mass is 19.1. The van der Waals surface area contributed by atoms with Crippen molar-refractivity contribution in [2.24, 2.45) is 5.92 Å². The first-order chi connectivity index (χ1) is 20.4. The van der Waals surface area contributed by atoms with E-state index >= 15 is 0 Å². The van der Waals surface area contributed by atoms with Gasteiger partial charge >= 0.3 is 5.76 Å². The largest absolute Gasteiger partial charge is 0.490 e. The molecule has 1 saturated carbocycles. The van der Waals surface area contributed by atoms with E-state index in [1.165, 1.54) is 10.6 Å². The maximum Gasteiger partial charge on any atom is 0.439 e. The first kappa shape index (κ1) is 27.4. The van der Waals surface area contributed by atoms with Crippen molar-refractivity contribution in [3.63, 3.8) is 0 Å². The molecule has 0 spiro atoms. The molecule has 5 aromatic rings. The second kappa shape index (κ2) is 11.6. The quantitative estimate of drug-likeness (QED) is 0.222. The third-order valence-corrected chi connectivity index (χ3v) is 7.53. The van der Waals surface area contributed by atoms with Crippen molar-refractivity contribution in [2.45, 2.75) is 46.0 Å². The topological polar surface area (TPSA) is 103 Å². The van der Waals surface area contributed by atoms with Crippen LogP contribution in [0.3, 0.4) is 0 Å². The molecule has 1 fully saturated rings. The predicted molar refractivity (Wildman–Crippen MR) is 158 cm³/mol. The average molecular weight is 567 g/mol. The molecule has 1 N–H and O–H groups in total. The fourth-order valence-electron chi connectivity index (χ4n) is 5.18. The van der Waals surface area contributed by atoms with E-state index in [0.717, 1.165) is 47.2 Å². The Balaban J connectivity index is 1.32. The summed E-state index contributed by atoms with van der Waals surface area (Å²) in [6.07, 6.45) is 4.12. The van der Waals surface area contributed by atoms with Crippen LogP contribution in [-0.2, 0) is 12.8 Å². The van der Waals surface area contributed by atoms with Crippen LogP contribution < -0.4 is 16.1 Å². The highest BCUT2D eigenvalue weighted by Gasteiger charge is 2.23. The number of ether oxygens (including phenoxy) is 1. The van der Waals surface area contributed by atoms with Gasteiger partial charge in [-0.25, -0.2) is 14.2 Å². The number of aryl methyl sites for hydroxylation is 2. The van der Waals surface area contributed by atoms with Crippen LogP contribution in [0.25, 0.3) is 28.2 Å². The molecule has 0 unspecified atom stereocenters. The first-order valence-electron chi connectivity index (χ1n) is 14.2. The normalized spacial score (nSPS) is 12.9. The zero-order valence-corrected chi connectivity index (χ0v) is 23.5. The van der Waals surface area contributed by atoms with Crippen molar-refractivity contribution in [3.8, 4) is 34.0 Å². The van der Waals surface area contributed by atoms with Gasteiger partial charge in [-0.2, -0.15) is 0 Å². The number of nitrogens with zero attached hydrogens (tertiary/aromatic N) is 3. The number of benzene rings is 3. The van der Waals surface area contributed by atoms with Gasteiger partial charge in [-0.1, -0.05) is 67.0 Å². The molecule has 0 amide bonds. The van der Waals surface area contributed by atoms with E-state index in [9.17, 15) is 14.0 Å². The summed E-state index contributed by atoms with van der Waals surface area (Å²) < 4.78 is 26.8. The van der Waals surface area contributed by atoms with Crippen molar-refractivity contribution in [3.05, 3.63) is 116 Å². The van der Waals surface area contributed by atoms with E-state index in [-0.39, 0.29) is 11.3 Å². The SMILES string of the molecule is CCCc1nc(C)n(-c2ccc(OCC3CC3)c(F)c2)c(=O)c1Cc1ccc(-c2ccccc2-c2noc(=O)[nH]2)cc1. The molecule has 1 aliphatic rings. The first-order valence-corrected chi connectivity index (χ1v) is 14.2. The molecule has 42 heavy (non-hydrogen) atoms. The maximum atomic E-state index is 14.9. The Kier molecular flexibility index (Phi) is 7.56. The average Bonchev–Trinajstić information content (AvgIpc) is 3.72. The summed E-state index contributed by atoms with van der Waals surface area (Å²) in [6, 6.07) is 20.1. The van der Waals surface area contributed by atoms with Gasteiger partial charge in [-0.15, -0.1) is 0 Å². The van der Waals surface area contributed by atoms with Gasteiger partial charge in [-0.05, 0) is 60.9 Å². The zero-order chi connectivity index (χ0) is 29.2. The van der Waals surface area contributed by atoms with Crippen molar-refractivity contribution in [1.82, 2.24) is 19.7 Å². The monoisotopic (exact) mass is 566 g/mol. The Labute approximate surface area is 241 Å². The Morgan fingerprint density at radius 2 is 1.81 bits per heavy atom. The number of H-pyrrole nitrogens is 1. The Bertz CT molecular complexity index is 1850. The fourth-order valence-corrected chi connectivity index (χ4v) is 5.18.